The number of piperazine rings is 1. The maximum atomic E-state index is 11.4. The van der Waals surface area contributed by atoms with E-state index in [0.717, 1.165) is 55.0 Å². The zero-order valence-electron chi connectivity index (χ0n) is 20.4. The van der Waals surface area contributed by atoms with Crippen molar-refractivity contribution in [3.63, 3.8) is 0 Å². The summed E-state index contributed by atoms with van der Waals surface area (Å²) in [5.74, 6) is 1.41. The van der Waals surface area contributed by atoms with E-state index >= 15 is 0 Å². The monoisotopic (exact) mass is 514 g/mol. The number of rotatable bonds is 6. The van der Waals surface area contributed by atoms with Crippen molar-refractivity contribution in [3.8, 4) is 22.6 Å². The standard InChI is InChI=1S/C26H26N8O2S/c1-31-11-13-32(14-12-31)20-7-5-19(6-8-20)28-25-27-10-9-22(29-25)24-23(30-26-33(24)15-16-37-26)18-3-2-4-21(17-18)34(35)36/h2-10,17H,11-16H2,1H3,(H,27,28,29). The predicted molar refractivity (Wildman–Crippen MR) is 146 cm³/mol. The lowest BCUT2D eigenvalue weighted by molar-refractivity contribution is -0.384. The summed E-state index contributed by atoms with van der Waals surface area (Å²) in [7, 11) is 2.15. The Morgan fingerprint density at radius 3 is 2.59 bits per heavy atom. The van der Waals surface area contributed by atoms with Gasteiger partial charge in [0.25, 0.3) is 5.69 Å². The first-order valence-electron chi connectivity index (χ1n) is 12.2. The molecule has 188 valence electrons. The van der Waals surface area contributed by atoms with Crippen LogP contribution in [-0.4, -0.2) is 68.3 Å². The van der Waals surface area contributed by atoms with Gasteiger partial charge in [-0.2, -0.15) is 0 Å². The van der Waals surface area contributed by atoms with Crippen molar-refractivity contribution in [2.75, 3.05) is 49.2 Å². The van der Waals surface area contributed by atoms with Gasteiger partial charge in [0.05, 0.1) is 22.0 Å². The van der Waals surface area contributed by atoms with Crippen molar-refractivity contribution in [1.82, 2.24) is 24.4 Å². The second kappa shape index (κ2) is 9.83. The molecule has 2 aromatic heterocycles. The third-order valence-corrected chi connectivity index (χ3v) is 7.66. The first-order chi connectivity index (χ1) is 18.0. The van der Waals surface area contributed by atoms with E-state index in [-0.39, 0.29) is 10.6 Å². The molecule has 0 unspecified atom stereocenters. The van der Waals surface area contributed by atoms with Crippen LogP contribution in [0, 0.1) is 10.1 Å². The van der Waals surface area contributed by atoms with Crippen molar-refractivity contribution in [1.29, 1.82) is 0 Å². The topological polar surface area (TPSA) is 105 Å². The lowest BCUT2D eigenvalue weighted by atomic mass is 10.1. The highest BCUT2D eigenvalue weighted by Gasteiger charge is 2.26. The molecule has 4 heterocycles. The Morgan fingerprint density at radius 2 is 1.81 bits per heavy atom. The van der Waals surface area contributed by atoms with Crippen molar-refractivity contribution in [2.24, 2.45) is 0 Å². The third kappa shape index (κ3) is 4.75. The molecule has 1 fully saturated rings. The highest BCUT2D eigenvalue weighted by Crippen LogP contribution is 2.39. The van der Waals surface area contributed by atoms with Gasteiger partial charge in [-0.05, 0) is 37.4 Å². The highest BCUT2D eigenvalue weighted by molar-refractivity contribution is 7.99. The average Bonchev–Trinajstić information content (AvgIpc) is 3.52. The fourth-order valence-corrected chi connectivity index (χ4v) is 5.66. The molecule has 1 saturated heterocycles. The smallest absolute Gasteiger partial charge is 0.270 e. The molecular formula is C26H26N8O2S. The van der Waals surface area contributed by atoms with Crippen molar-refractivity contribution in [3.05, 3.63) is 70.9 Å². The van der Waals surface area contributed by atoms with Gasteiger partial charge >= 0.3 is 0 Å². The third-order valence-electron chi connectivity index (χ3n) is 6.70. The summed E-state index contributed by atoms with van der Waals surface area (Å²) in [6.07, 6.45) is 1.72. The molecule has 2 aromatic carbocycles. The number of non-ortho nitro benzene ring substituents is 1. The minimum atomic E-state index is -0.386. The van der Waals surface area contributed by atoms with Crippen LogP contribution in [0.3, 0.4) is 0 Å². The zero-order chi connectivity index (χ0) is 25.4. The molecule has 10 nitrogen and oxygen atoms in total. The molecule has 0 saturated carbocycles. The van der Waals surface area contributed by atoms with Gasteiger partial charge in [0.1, 0.15) is 0 Å². The van der Waals surface area contributed by atoms with Crippen molar-refractivity contribution >= 4 is 34.8 Å². The Kier molecular flexibility index (Phi) is 6.23. The maximum absolute atomic E-state index is 11.4. The quantitative estimate of drug-likeness (QED) is 0.294. The summed E-state index contributed by atoms with van der Waals surface area (Å²) in [6, 6.07) is 16.8. The lowest BCUT2D eigenvalue weighted by Gasteiger charge is -2.34. The Balaban J connectivity index is 1.29. The van der Waals surface area contributed by atoms with E-state index in [1.807, 2.05) is 24.3 Å². The summed E-state index contributed by atoms with van der Waals surface area (Å²) in [4.78, 5) is 29.8. The largest absolute Gasteiger partial charge is 0.369 e. The minimum Gasteiger partial charge on any atom is -0.369 e. The van der Waals surface area contributed by atoms with E-state index in [4.69, 9.17) is 9.97 Å². The molecule has 2 aliphatic heterocycles. The van der Waals surface area contributed by atoms with Crippen LogP contribution in [0.2, 0.25) is 0 Å². The first kappa shape index (κ1) is 23.4. The number of likely N-dealkylation sites (N-methyl/N-ethyl adjacent to an activating group) is 1. The fourth-order valence-electron chi connectivity index (χ4n) is 4.71. The van der Waals surface area contributed by atoms with Gasteiger partial charge in [-0.25, -0.2) is 15.0 Å². The Hall–Kier alpha value is -3.96. The summed E-state index contributed by atoms with van der Waals surface area (Å²) >= 11 is 1.67. The summed E-state index contributed by atoms with van der Waals surface area (Å²) in [6.45, 7) is 4.98. The van der Waals surface area contributed by atoms with Gasteiger partial charge in [-0.1, -0.05) is 23.9 Å². The Labute approximate surface area is 218 Å². The zero-order valence-corrected chi connectivity index (χ0v) is 21.2. The number of aromatic nitrogens is 4. The van der Waals surface area contributed by atoms with Gasteiger partial charge in [0, 0.05) is 73.7 Å². The second-order valence-corrected chi connectivity index (χ2v) is 10.2. The second-order valence-electron chi connectivity index (χ2n) is 9.13. The molecule has 0 spiro atoms. The number of imidazole rings is 1. The SMILES string of the molecule is CN1CCN(c2ccc(Nc3nccc(-c4c(-c5cccc([N+](=O)[O-])c5)nc5n4CCS5)n3)cc2)CC1. The van der Waals surface area contributed by atoms with E-state index in [1.165, 1.54) is 11.8 Å². The van der Waals surface area contributed by atoms with Crippen LogP contribution in [0.4, 0.5) is 23.0 Å². The van der Waals surface area contributed by atoms with Gasteiger partial charge in [0.2, 0.25) is 5.95 Å². The lowest BCUT2D eigenvalue weighted by Crippen LogP contribution is -2.44. The van der Waals surface area contributed by atoms with E-state index in [0.29, 0.717) is 22.9 Å². The molecular weight excluding hydrogens is 488 g/mol. The van der Waals surface area contributed by atoms with Crippen LogP contribution in [0.15, 0.2) is 66.0 Å². The van der Waals surface area contributed by atoms with E-state index < -0.39 is 0 Å². The Bertz CT molecular complexity index is 1450. The fraction of sp³-hybridized carbons (Fsp3) is 0.269. The molecule has 0 radical (unpaired) electrons. The van der Waals surface area contributed by atoms with Gasteiger partial charge < -0.3 is 19.7 Å². The molecule has 11 heteroatoms. The Morgan fingerprint density at radius 1 is 1.00 bits per heavy atom. The van der Waals surface area contributed by atoms with Crippen LogP contribution in [-0.2, 0) is 6.54 Å². The van der Waals surface area contributed by atoms with E-state index in [1.54, 1.807) is 30.1 Å². The minimum absolute atomic E-state index is 0.0364. The number of anilines is 3. The summed E-state index contributed by atoms with van der Waals surface area (Å²) in [5, 5.41) is 15.6. The number of hydrogen-bond acceptors (Lipinski definition) is 9. The molecule has 37 heavy (non-hydrogen) atoms. The number of nitro groups is 1. The predicted octanol–water partition coefficient (Wildman–Crippen LogP) is 4.52. The molecule has 0 amide bonds. The first-order valence-corrected chi connectivity index (χ1v) is 13.2. The van der Waals surface area contributed by atoms with Crippen molar-refractivity contribution < 1.29 is 4.92 Å². The highest BCUT2D eigenvalue weighted by atomic mass is 32.2. The summed E-state index contributed by atoms with van der Waals surface area (Å²) in [5.41, 5.74) is 5.09. The number of thioether (sulfide) groups is 1. The maximum Gasteiger partial charge on any atom is 0.270 e. The molecule has 6 rings (SSSR count). The summed E-state index contributed by atoms with van der Waals surface area (Å²) < 4.78 is 2.13. The molecule has 0 aliphatic carbocycles. The molecule has 2 aliphatic rings. The van der Waals surface area contributed by atoms with Crippen molar-refractivity contribution in [2.45, 2.75) is 11.7 Å². The molecule has 0 bridgehead atoms. The van der Waals surface area contributed by atoms with Crippen LogP contribution in [0.25, 0.3) is 22.6 Å². The number of hydrogen-bond donors (Lipinski definition) is 1. The number of benzene rings is 2. The van der Waals surface area contributed by atoms with Gasteiger partial charge in [0.15, 0.2) is 5.16 Å². The normalized spacial score (nSPS) is 15.5. The van der Waals surface area contributed by atoms with Crippen LogP contribution in [0.5, 0.6) is 0 Å². The number of nitrogens with zero attached hydrogens (tertiary/aromatic N) is 7. The van der Waals surface area contributed by atoms with E-state index in [9.17, 15) is 10.1 Å². The number of nitro benzene ring substituents is 1. The van der Waals surface area contributed by atoms with Gasteiger partial charge in [-0.15, -0.1) is 0 Å². The molecule has 0 atom stereocenters. The van der Waals surface area contributed by atoms with Crippen LogP contribution in [0.1, 0.15) is 0 Å². The number of nitrogens with one attached hydrogen (secondary N) is 1. The molecule has 4 aromatic rings. The number of fused-ring (bicyclic) bond motifs is 1. The van der Waals surface area contributed by atoms with Crippen LogP contribution < -0.4 is 10.2 Å². The van der Waals surface area contributed by atoms with Crippen LogP contribution >= 0.6 is 11.8 Å². The van der Waals surface area contributed by atoms with E-state index in [2.05, 4.69) is 43.8 Å². The average molecular weight is 515 g/mol. The van der Waals surface area contributed by atoms with Gasteiger partial charge in [-0.3, -0.25) is 10.1 Å². The molecule has 1 N–H and O–H groups in total.